The normalized spacial score (nSPS) is 12.8. The maximum absolute atomic E-state index is 4.19. The summed E-state index contributed by atoms with van der Waals surface area (Å²) in [6, 6.07) is 0.295. The zero-order chi connectivity index (χ0) is 12.8. The second kappa shape index (κ2) is 6.61. The predicted octanol–water partition coefficient (Wildman–Crippen LogP) is 1.95. The molecular weight excluding hydrogens is 246 g/mol. The van der Waals surface area contributed by atoms with Gasteiger partial charge in [0.15, 0.2) is 0 Å². The van der Waals surface area contributed by atoms with E-state index >= 15 is 0 Å². The van der Waals surface area contributed by atoms with Crippen molar-refractivity contribution in [1.29, 1.82) is 0 Å². The van der Waals surface area contributed by atoms with E-state index in [1.165, 1.54) is 17.1 Å². The fourth-order valence-corrected chi connectivity index (χ4v) is 2.42. The van der Waals surface area contributed by atoms with Gasteiger partial charge in [0.1, 0.15) is 0 Å². The Morgan fingerprint density at radius 3 is 3.00 bits per heavy atom. The maximum Gasteiger partial charge on any atom is 0.0924 e. The summed E-state index contributed by atoms with van der Waals surface area (Å²) < 4.78 is 5.79. The van der Waals surface area contributed by atoms with Crippen LogP contribution < -0.4 is 5.32 Å². The first-order chi connectivity index (χ1) is 8.79. The van der Waals surface area contributed by atoms with Gasteiger partial charge in [-0.2, -0.15) is 5.10 Å². The highest BCUT2D eigenvalue weighted by Gasteiger charge is 2.13. The van der Waals surface area contributed by atoms with Crippen LogP contribution in [0.25, 0.3) is 0 Å². The Kier molecular flexibility index (Phi) is 4.83. The van der Waals surface area contributed by atoms with Gasteiger partial charge in [-0.25, -0.2) is 0 Å². The molecule has 0 aliphatic rings. The van der Waals surface area contributed by atoms with Crippen LogP contribution in [0.2, 0.25) is 0 Å². The lowest BCUT2D eigenvalue weighted by molar-refractivity contribution is 0.488. The van der Waals surface area contributed by atoms with Crippen LogP contribution in [0.4, 0.5) is 0 Å². The molecule has 1 atom stereocenters. The third-order valence-corrected chi connectivity index (χ3v) is 3.38. The van der Waals surface area contributed by atoms with Crippen molar-refractivity contribution in [2.24, 2.45) is 7.05 Å². The van der Waals surface area contributed by atoms with E-state index < -0.39 is 0 Å². The number of hydrogen-bond donors (Lipinski definition) is 1. The van der Waals surface area contributed by atoms with Crippen LogP contribution in [0.3, 0.4) is 0 Å². The average Bonchev–Trinajstić information content (AvgIpc) is 3.01. The molecule has 0 aromatic carbocycles. The molecule has 0 radical (unpaired) electrons. The number of aromatic nitrogens is 4. The molecule has 2 aromatic heterocycles. The second-order valence-corrected chi connectivity index (χ2v) is 5.01. The lowest BCUT2D eigenvalue weighted by Crippen LogP contribution is -2.23. The van der Waals surface area contributed by atoms with Gasteiger partial charge in [-0.3, -0.25) is 4.68 Å². The van der Waals surface area contributed by atoms with Crippen LogP contribution >= 0.6 is 11.5 Å². The zero-order valence-electron chi connectivity index (χ0n) is 10.8. The molecular formula is C12H19N5S. The molecule has 2 aromatic rings. The summed E-state index contributed by atoms with van der Waals surface area (Å²) in [5.41, 5.74) is 2.32. The van der Waals surface area contributed by atoms with Gasteiger partial charge >= 0.3 is 0 Å². The third-order valence-electron chi connectivity index (χ3n) is 2.85. The summed E-state index contributed by atoms with van der Waals surface area (Å²) in [6.07, 6.45) is 7.15. The Balaban J connectivity index is 1.93. The van der Waals surface area contributed by atoms with E-state index in [1.807, 2.05) is 23.3 Å². The average molecular weight is 265 g/mol. The summed E-state index contributed by atoms with van der Waals surface area (Å²) in [6.45, 7) is 3.18. The number of nitrogens with one attached hydrogen (secondary N) is 1. The Hall–Kier alpha value is -1.27. The van der Waals surface area contributed by atoms with Crippen molar-refractivity contribution in [2.75, 3.05) is 6.54 Å². The number of hydrogen-bond acceptors (Lipinski definition) is 5. The molecule has 0 spiro atoms. The molecule has 0 aliphatic heterocycles. The molecule has 0 saturated heterocycles. The van der Waals surface area contributed by atoms with E-state index in [-0.39, 0.29) is 0 Å². The van der Waals surface area contributed by atoms with Crippen molar-refractivity contribution in [2.45, 2.75) is 32.2 Å². The highest BCUT2D eigenvalue weighted by molar-refractivity contribution is 7.03. The smallest absolute Gasteiger partial charge is 0.0924 e. The molecule has 0 saturated carbocycles. The largest absolute Gasteiger partial charge is 0.309 e. The van der Waals surface area contributed by atoms with Gasteiger partial charge in [0, 0.05) is 18.6 Å². The standard InChI is InChI=1S/C12H19N5S/c1-3-6-13-11(12-9-18-16-15-12)5-4-10-7-14-17(2)8-10/h7-9,11,13H,3-6H2,1-2H3. The number of nitrogens with zero attached hydrogens (tertiary/aromatic N) is 4. The first kappa shape index (κ1) is 13.2. The van der Waals surface area contributed by atoms with Crippen LogP contribution in [0.15, 0.2) is 17.8 Å². The fraction of sp³-hybridized carbons (Fsp3) is 0.583. The highest BCUT2D eigenvalue weighted by atomic mass is 32.1. The molecule has 5 nitrogen and oxygen atoms in total. The van der Waals surface area contributed by atoms with Crippen LogP contribution in [-0.4, -0.2) is 25.9 Å². The summed E-state index contributed by atoms with van der Waals surface area (Å²) in [5.74, 6) is 0. The van der Waals surface area contributed by atoms with Crippen LogP contribution in [-0.2, 0) is 13.5 Å². The van der Waals surface area contributed by atoms with Crippen LogP contribution in [0, 0.1) is 0 Å². The molecule has 0 aliphatic carbocycles. The van der Waals surface area contributed by atoms with Crippen molar-refractivity contribution < 1.29 is 0 Å². The summed E-state index contributed by atoms with van der Waals surface area (Å²) >= 11 is 1.41. The Labute approximate surface area is 111 Å². The fourth-order valence-electron chi connectivity index (χ4n) is 1.91. The topological polar surface area (TPSA) is 55.6 Å². The van der Waals surface area contributed by atoms with E-state index in [1.54, 1.807) is 0 Å². The monoisotopic (exact) mass is 265 g/mol. The Bertz CT molecular complexity index is 451. The molecule has 0 fully saturated rings. The van der Waals surface area contributed by atoms with E-state index in [0.717, 1.165) is 31.5 Å². The summed E-state index contributed by atoms with van der Waals surface area (Å²) in [5, 5.41) is 13.9. The molecule has 2 heterocycles. The molecule has 2 rings (SSSR count). The molecule has 0 bridgehead atoms. The van der Waals surface area contributed by atoms with Gasteiger partial charge in [0.2, 0.25) is 0 Å². The molecule has 98 valence electrons. The Morgan fingerprint density at radius 2 is 2.39 bits per heavy atom. The lowest BCUT2D eigenvalue weighted by atomic mass is 10.1. The highest BCUT2D eigenvalue weighted by Crippen LogP contribution is 2.18. The second-order valence-electron chi connectivity index (χ2n) is 4.40. The lowest BCUT2D eigenvalue weighted by Gasteiger charge is -2.15. The molecule has 0 amide bonds. The van der Waals surface area contributed by atoms with E-state index in [2.05, 4.69) is 33.1 Å². The minimum Gasteiger partial charge on any atom is -0.309 e. The quantitative estimate of drug-likeness (QED) is 0.831. The van der Waals surface area contributed by atoms with Gasteiger partial charge in [-0.05, 0) is 42.9 Å². The van der Waals surface area contributed by atoms with Gasteiger partial charge in [-0.1, -0.05) is 11.4 Å². The minimum atomic E-state index is 0.295. The van der Waals surface area contributed by atoms with Crippen molar-refractivity contribution in [1.82, 2.24) is 24.7 Å². The SMILES string of the molecule is CCCNC(CCc1cnn(C)c1)c1csnn1. The predicted molar refractivity (Wildman–Crippen MR) is 72.5 cm³/mol. The van der Waals surface area contributed by atoms with E-state index in [0.29, 0.717) is 6.04 Å². The van der Waals surface area contributed by atoms with E-state index in [9.17, 15) is 0 Å². The van der Waals surface area contributed by atoms with Gasteiger partial charge in [0.25, 0.3) is 0 Å². The maximum atomic E-state index is 4.19. The summed E-state index contributed by atoms with van der Waals surface area (Å²) in [4.78, 5) is 0. The van der Waals surface area contributed by atoms with Crippen LogP contribution in [0.5, 0.6) is 0 Å². The molecule has 6 heteroatoms. The molecule has 1 N–H and O–H groups in total. The Morgan fingerprint density at radius 1 is 1.50 bits per heavy atom. The van der Waals surface area contributed by atoms with Crippen molar-refractivity contribution in [3.8, 4) is 0 Å². The number of aryl methyl sites for hydroxylation is 2. The zero-order valence-corrected chi connectivity index (χ0v) is 11.7. The van der Waals surface area contributed by atoms with Gasteiger partial charge < -0.3 is 5.32 Å². The number of rotatable bonds is 7. The minimum absolute atomic E-state index is 0.295. The molecule has 18 heavy (non-hydrogen) atoms. The van der Waals surface area contributed by atoms with E-state index in [4.69, 9.17) is 0 Å². The van der Waals surface area contributed by atoms with Crippen molar-refractivity contribution in [3.63, 3.8) is 0 Å². The first-order valence-electron chi connectivity index (χ1n) is 6.27. The molecule has 1 unspecified atom stereocenters. The third kappa shape index (κ3) is 3.61. The van der Waals surface area contributed by atoms with Gasteiger partial charge in [0.05, 0.1) is 17.9 Å². The first-order valence-corrected chi connectivity index (χ1v) is 7.11. The van der Waals surface area contributed by atoms with Crippen LogP contribution in [0.1, 0.15) is 37.1 Å². The van der Waals surface area contributed by atoms with Gasteiger partial charge in [-0.15, -0.1) is 5.10 Å². The van der Waals surface area contributed by atoms with Crippen molar-refractivity contribution >= 4 is 11.5 Å². The summed E-state index contributed by atoms with van der Waals surface area (Å²) in [7, 11) is 1.95. The van der Waals surface area contributed by atoms with Crippen molar-refractivity contribution in [3.05, 3.63) is 29.0 Å².